The van der Waals surface area contributed by atoms with E-state index in [1.165, 1.54) is 0 Å². The SMILES string of the molecule is CCNC(C)C(C)(C)CN1CC(C)OC(C)(C)C1. The van der Waals surface area contributed by atoms with Gasteiger partial charge >= 0.3 is 0 Å². The van der Waals surface area contributed by atoms with Crippen molar-refractivity contribution in [1.29, 1.82) is 0 Å². The first-order valence-corrected chi connectivity index (χ1v) is 7.30. The largest absolute Gasteiger partial charge is 0.370 e. The monoisotopic (exact) mass is 256 g/mol. The van der Waals surface area contributed by atoms with Crippen molar-refractivity contribution in [2.45, 2.75) is 66.2 Å². The van der Waals surface area contributed by atoms with Gasteiger partial charge in [0.15, 0.2) is 0 Å². The summed E-state index contributed by atoms with van der Waals surface area (Å²) < 4.78 is 5.97. The maximum Gasteiger partial charge on any atom is 0.0757 e. The maximum atomic E-state index is 5.97. The van der Waals surface area contributed by atoms with E-state index in [4.69, 9.17) is 4.74 Å². The average Bonchev–Trinajstić information content (AvgIpc) is 2.13. The van der Waals surface area contributed by atoms with Crippen molar-refractivity contribution in [2.24, 2.45) is 5.41 Å². The van der Waals surface area contributed by atoms with Gasteiger partial charge in [0.2, 0.25) is 0 Å². The molecule has 1 heterocycles. The Labute approximate surface area is 113 Å². The van der Waals surface area contributed by atoms with Crippen LogP contribution in [-0.4, -0.2) is 48.8 Å². The van der Waals surface area contributed by atoms with Crippen LogP contribution in [0.3, 0.4) is 0 Å². The third-order valence-electron chi connectivity index (χ3n) is 3.95. The van der Waals surface area contributed by atoms with E-state index >= 15 is 0 Å². The zero-order valence-electron chi connectivity index (χ0n) is 13.3. The molecule has 2 atom stereocenters. The summed E-state index contributed by atoms with van der Waals surface area (Å²) in [5, 5.41) is 3.55. The summed E-state index contributed by atoms with van der Waals surface area (Å²) in [6.45, 7) is 20.0. The van der Waals surface area contributed by atoms with Gasteiger partial charge in [-0.2, -0.15) is 0 Å². The van der Waals surface area contributed by atoms with E-state index in [0.717, 1.165) is 26.2 Å². The van der Waals surface area contributed by atoms with Crippen LogP contribution < -0.4 is 5.32 Å². The van der Waals surface area contributed by atoms with E-state index in [-0.39, 0.29) is 11.0 Å². The third kappa shape index (κ3) is 4.52. The first-order chi connectivity index (χ1) is 8.16. The molecule has 1 rings (SSSR count). The van der Waals surface area contributed by atoms with Crippen molar-refractivity contribution < 1.29 is 4.74 Å². The quantitative estimate of drug-likeness (QED) is 0.818. The molecule has 0 aromatic rings. The lowest BCUT2D eigenvalue weighted by Crippen LogP contribution is -2.56. The highest BCUT2D eigenvalue weighted by Gasteiger charge is 2.35. The van der Waals surface area contributed by atoms with Gasteiger partial charge in [-0.15, -0.1) is 0 Å². The third-order valence-corrected chi connectivity index (χ3v) is 3.95. The van der Waals surface area contributed by atoms with Crippen LogP contribution in [0, 0.1) is 5.41 Å². The Balaban J connectivity index is 2.60. The van der Waals surface area contributed by atoms with E-state index in [9.17, 15) is 0 Å². The number of nitrogens with zero attached hydrogens (tertiary/aromatic N) is 1. The molecule has 108 valence electrons. The van der Waals surface area contributed by atoms with E-state index in [0.29, 0.717) is 12.1 Å². The van der Waals surface area contributed by atoms with Crippen LogP contribution in [0.4, 0.5) is 0 Å². The number of nitrogens with one attached hydrogen (secondary N) is 1. The van der Waals surface area contributed by atoms with Crippen molar-refractivity contribution in [1.82, 2.24) is 10.2 Å². The second kappa shape index (κ2) is 5.89. The Morgan fingerprint density at radius 3 is 2.56 bits per heavy atom. The van der Waals surface area contributed by atoms with Gasteiger partial charge in [-0.05, 0) is 39.7 Å². The smallest absolute Gasteiger partial charge is 0.0757 e. The molecule has 1 saturated heterocycles. The van der Waals surface area contributed by atoms with E-state index in [1.54, 1.807) is 0 Å². The fourth-order valence-corrected chi connectivity index (χ4v) is 3.00. The molecule has 1 N–H and O–H groups in total. The minimum Gasteiger partial charge on any atom is -0.370 e. The Bertz CT molecular complexity index is 263. The van der Waals surface area contributed by atoms with Gasteiger partial charge in [0.05, 0.1) is 11.7 Å². The molecule has 0 spiro atoms. The first-order valence-electron chi connectivity index (χ1n) is 7.30. The fraction of sp³-hybridized carbons (Fsp3) is 1.00. The van der Waals surface area contributed by atoms with Crippen LogP contribution in [0.15, 0.2) is 0 Å². The lowest BCUT2D eigenvalue weighted by Gasteiger charge is -2.45. The number of rotatable bonds is 5. The van der Waals surface area contributed by atoms with Crippen molar-refractivity contribution in [3.63, 3.8) is 0 Å². The first kappa shape index (κ1) is 15.9. The summed E-state index contributed by atoms with van der Waals surface area (Å²) in [5.41, 5.74) is 0.262. The zero-order valence-corrected chi connectivity index (χ0v) is 13.3. The molecule has 0 aromatic heterocycles. The van der Waals surface area contributed by atoms with Crippen molar-refractivity contribution in [3.05, 3.63) is 0 Å². The summed E-state index contributed by atoms with van der Waals surface area (Å²) in [7, 11) is 0. The molecule has 0 amide bonds. The molecule has 0 saturated carbocycles. The van der Waals surface area contributed by atoms with Crippen molar-refractivity contribution in [2.75, 3.05) is 26.2 Å². The molecular formula is C15H32N2O. The maximum absolute atomic E-state index is 5.97. The molecule has 2 unspecified atom stereocenters. The normalized spacial score (nSPS) is 27.2. The average molecular weight is 256 g/mol. The second-order valence-corrected chi connectivity index (χ2v) is 7.13. The molecular weight excluding hydrogens is 224 g/mol. The molecule has 3 heteroatoms. The summed E-state index contributed by atoms with van der Waals surface area (Å²) in [4.78, 5) is 2.56. The molecule has 0 aliphatic carbocycles. The van der Waals surface area contributed by atoms with Crippen LogP contribution in [0.1, 0.15) is 48.5 Å². The van der Waals surface area contributed by atoms with Gasteiger partial charge in [0, 0.05) is 25.7 Å². The van der Waals surface area contributed by atoms with E-state index in [2.05, 4.69) is 58.7 Å². The van der Waals surface area contributed by atoms with Gasteiger partial charge in [-0.25, -0.2) is 0 Å². The fourth-order valence-electron chi connectivity index (χ4n) is 3.00. The van der Waals surface area contributed by atoms with Crippen LogP contribution in [0.5, 0.6) is 0 Å². The topological polar surface area (TPSA) is 24.5 Å². The molecule has 1 fully saturated rings. The minimum atomic E-state index is -0.0187. The van der Waals surface area contributed by atoms with Gasteiger partial charge in [0.25, 0.3) is 0 Å². The minimum absolute atomic E-state index is 0.0187. The highest BCUT2D eigenvalue weighted by molar-refractivity contribution is 4.89. The van der Waals surface area contributed by atoms with Crippen molar-refractivity contribution >= 4 is 0 Å². The predicted molar refractivity (Wildman–Crippen MR) is 78.0 cm³/mol. The summed E-state index contributed by atoms with van der Waals surface area (Å²) in [5.74, 6) is 0. The molecule has 3 nitrogen and oxygen atoms in total. The summed E-state index contributed by atoms with van der Waals surface area (Å²) in [6, 6.07) is 0.531. The van der Waals surface area contributed by atoms with Crippen molar-refractivity contribution in [3.8, 4) is 0 Å². The second-order valence-electron chi connectivity index (χ2n) is 7.13. The number of morpholine rings is 1. The number of hydrogen-bond donors (Lipinski definition) is 1. The van der Waals surface area contributed by atoms with Crippen LogP contribution in [0.25, 0.3) is 0 Å². The standard InChI is InChI=1S/C15H32N2O/c1-8-16-13(3)14(4,5)10-17-9-12(2)18-15(6,7)11-17/h12-13,16H,8-11H2,1-7H3. The molecule has 0 bridgehead atoms. The number of hydrogen-bond acceptors (Lipinski definition) is 3. The van der Waals surface area contributed by atoms with Gasteiger partial charge in [0.1, 0.15) is 0 Å². The zero-order chi connectivity index (χ0) is 14.0. The van der Waals surface area contributed by atoms with Gasteiger partial charge in [-0.1, -0.05) is 20.8 Å². The van der Waals surface area contributed by atoms with Crippen LogP contribution in [0.2, 0.25) is 0 Å². The van der Waals surface area contributed by atoms with Gasteiger partial charge < -0.3 is 10.1 Å². The van der Waals surface area contributed by atoms with Crippen LogP contribution in [-0.2, 0) is 4.74 Å². The number of ether oxygens (including phenoxy) is 1. The lowest BCUT2D eigenvalue weighted by molar-refractivity contribution is -0.134. The Morgan fingerprint density at radius 2 is 2.06 bits per heavy atom. The molecule has 1 aliphatic rings. The highest BCUT2D eigenvalue weighted by atomic mass is 16.5. The van der Waals surface area contributed by atoms with Crippen LogP contribution >= 0.6 is 0 Å². The predicted octanol–water partition coefficient (Wildman–Crippen LogP) is 2.51. The molecule has 0 aromatic carbocycles. The van der Waals surface area contributed by atoms with Gasteiger partial charge in [-0.3, -0.25) is 4.90 Å². The van der Waals surface area contributed by atoms with E-state index in [1.807, 2.05) is 0 Å². The van der Waals surface area contributed by atoms with E-state index < -0.39 is 0 Å². The Kier molecular flexibility index (Phi) is 5.22. The Hall–Kier alpha value is -0.120. The summed E-state index contributed by atoms with van der Waals surface area (Å²) >= 11 is 0. The molecule has 0 radical (unpaired) electrons. The molecule has 1 aliphatic heterocycles. The highest BCUT2D eigenvalue weighted by Crippen LogP contribution is 2.27. The molecule has 18 heavy (non-hydrogen) atoms. The Morgan fingerprint density at radius 1 is 1.44 bits per heavy atom. The lowest BCUT2D eigenvalue weighted by atomic mass is 9.84. The summed E-state index contributed by atoms with van der Waals surface area (Å²) in [6.07, 6.45) is 0.332.